The Bertz CT molecular complexity index is 1730. The molecule has 0 bridgehead atoms. The van der Waals surface area contributed by atoms with Gasteiger partial charge >= 0.3 is 0 Å². The number of carbonyl (C=O) groups is 4. The van der Waals surface area contributed by atoms with Gasteiger partial charge in [0, 0.05) is 10.8 Å². The zero-order chi connectivity index (χ0) is 30.7. The summed E-state index contributed by atoms with van der Waals surface area (Å²) in [6.45, 7) is 2.11. The number of methoxy groups -OCH3 is 1. The van der Waals surface area contributed by atoms with Crippen LogP contribution in [0.1, 0.15) is 30.2 Å². The molecule has 0 radical (unpaired) electrons. The standard InChI is InChI=1S/C35H32N2O6S/c1-35-26(14-10-20-11-15-28(38)29(17-20)43-2)23-12-13-24-30(33(41)36(31(24)39)19-22-9-6-16-44-22)25(23)18-27(35)32(40)37(34(35)42)21-7-4-3-5-8-21/h3-12,14-17,24-27,30,38H,13,18-19H2,1-2H3. The van der Waals surface area contributed by atoms with Gasteiger partial charge in [0.1, 0.15) is 0 Å². The van der Waals surface area contributed by atoms with Crippen LogP contribution in [0.2, 0.25) is 0 Å². The summed E-state index contributed by atoms with van der Waals surface area (Å²) in [4.78, 5) is 59.7. The van der Waals surface area contributed by atoms with Crippen LogP contribution < -0.4 is 9.64 Å². The van der Waals surface area contributed by atoms with Crippen molar-refractivity contribution in [2.45, 2.75) is 26.3 Å². The molecule has 9 heteroatoms. The van der Waals surface area contributed by atoms with Crippen LogP contribution in [-0.4, -0.2) is 40.7 Å². The second-order valence-corrected chi connectivity index (χ2v) is 13.2. The van der Waals surface area contributed by atoms with Crippen molar-refractivity contribution in [1.82, 2.24) is 4.90 Å². The normalized spacial score (nSPS) is 29.6. The van der Waals surface area contributed by atoms with Crippen LogP contribution in [0, 0.1) is 35.0 Å². The molecule has 6 unspecified atom stereocenters. The molecule has 2 saturated heterocycles. The van der Waals surface area contributed by atoms with Gasteiger partial charge in [-0.25, -0.2) is 4.90 Å². The number of thiophene rings is 1. The summed E-state index contributed by atoms with van der Waals surface area (Å²) >= 11 is 1.51. The maximum absolute atomic E-state index is 14.4. The van der Waals surface area contributed by atoms with Gasteiger partial charge in [0.25, 0.3) is 0 Å². The highest BCUT2D eigenvalue weighted by Crippen LogP contribution is 2.61. The third-order valence-corrected chi connectivity index (χ3v) is 10.9. The van der Waals surface area contributed by atoms with E-state index in [0.717, 1.165) is 16.0 Å². The van der Waals surface area contributed by atoms with Crippen molar-refractivity contribution in [3.8, 4) is 11.5 Å². The molecule has 3 aromatic rings. The molecule has 6 atom stereocenters. The van der Waals surface area contributed by atoms with Gasteiger partial charge in [0.05, 0.1) is 42.5 Å². The van der Waals surface area contributed by atoms with Gasteiger partial charge < -0.3 is 9.84 Å². The van der Waals surface area contributed by atoms with Crippen LogP contribution in [0.15, 0.2) is 83.8 Å². The summed E-state index contributed by atoms with van der Waals surface area (Å²) in [5.74, 6) is -3.16. The fourth-order valence-corrected chi connectivity index (χ4v) is 8.52. The lowest BCUT2D eigenvalue weighted by Crippen LogP contribution is -2.49. The Hall–Kier alpha value is -4.50. The van der Waals surface area contributed by atoms with Crippen LogP contribution in [0.5, 0.6) is 11.5 Å². The molecule has 3 heterocycles. The van der Waals surface area contributed by atoms with Crippen molar-refractivity contribution < 1.29 is 29.0 Å². The monoisotopic (exact) mass is 608 g/mol. The quantitative estimate of drug-likeness (QED) is 0.295. The van der Waals surface area contributed by atoms with E-state index in [9.17, 15) is 24.3 Å². The van der Waals surface area contributed by atoms with Crippen molar-refractivity contribution in [2.24, 2.45) is 35.0 Å². The second kappa shape index (κ2) is 10.6. The number of aromatic hydroxyl groups is 1. The van der Waals surface area contributed by atoms with Crippen molar-refractivity contribution in [1.29, 1.82) is 0 Å². The number of benzene rings is 2. The summed E-state index contributed by atoms with van der Waals surface area (Å²) in [6.07, 6.45) is 6.59. The molecule has 2 aromatic carbocycles. The first-order valence-electron chi connectivity index (χ1n) is 14.8. The van der Waals surface area contributed by atoms with E-state index in [4.69, 9.17) is 4.74 Å². The van der Waals surface area contributed by atoms with E-state index in [1.165, 1.54) is 28.2 Å². The third kappa shape index (κ3) is 4.17. The van der Waals surface area contributed by atoms with E-state index in [1.807, 2.05) is 48.7 Å². The Morgan fingerprint density at radius 1 is 1.00 bits per heavy atom. The van der Waals surface area contributed by atoms with Gasteiger partial charge in [-0.2, -0.15) is 0 Å². The number of likely N-dealkylation sites (tertiary alicyclic amines) is 1. The lowest BCUT2D eigenvalue weighted by molar-refractivity contribution is -0.141. The van der Waals surface area contributed by atoms with Crippen molar-refractivity contribution in [2.75, 3.05) is 12.0 Å². The average molecular weight is 609 g/mol. The largest absolute Gasteiger partial charge is 0.504 e. The summed E-state index contributed by atoms with van der Waals surface area (Å²) in [6, 6.07) is 17.8. The number of ether oxygens (including phenoxy) is 1. The number of para-hydroxylation sites is 1. The van der Waals surface area contributed by atoms with E-state index in [1.54, 1.807) is 42.5 Å². The van der Waals surface area contributed by atoms with E-state index < -0.39 is 29.1 Å². The van der Waals surface area contributed by atoms with Gasteiger partial charge in [0.15, 0.2) is 11.5 Å². The zero-order valence-electron chi connectivity index (χ0n) is 24.4. The maximum atomic E-state index is 14.4. The predicted octanol–water partition coefficient (Wildman–Crippen LogP) is 5.44. The third-order valence-electron chi connectivity index (χ3n) is 10.0. The molecule has 3 fully saturated rings. The average Bonchev–Trinajstić information content (AvgIpc) is 3.69. The first kappa shape index (κ1) is 28.3. The number of phenolic OH excluding ortho intramolecular Hbond substituents is 1. The number of carbonyl (C=O) groups excluding carboxylic acids is 4. The Morgan fingerprint density at radius 2 is 1.80 bits per heavy atom. The number of anilines is 1. The first-order valence-corrected chi connectivity index (χ1v) is 15.7. The number of hydrogen-bond donors (Lipinski definition) is 1. The van der Waals surface area contributed by atoms with Crippen LogP contribution in [0.4, 0.5) is 5.69 Å². The Morgan fingerprint density at radius 3 is 2.52 bits per heavy atom. The lowest BCUT2D eigenvalue weighted by Gasteiger charge is -2.47. The molecule has 2 aliphatic carbocycles. The van der Waals surface area contributed by atoms with E-state index in [0.29, 0.717) is 24.3 Å². The number of amides is 4. The van der Waals surface area contributed by atoms with Crippen LogP contribution >= 0.6 is 11.3 Å². The topological polar surface area (TPSA) is 104 Å². The molecule has 4 amide bonds. The van der Waals surface area contributed by atoms with Crippen molar-refractivity contribution >= 4 is 46.7 Å². The molecule has 4 aliphatic rings. The van der Waals surface area contributed by atoms with Gasteiger partial charge in [0.2, 0.25) is 23.6 Å². The van der Waals surface area contributed by atoms with Crippen molar-refractivity contribution in [3.05, 3.63) is 94.2 Å². The van der Waals surface area contributed by atoms with Gasteiger partial charge in [-0.1, -0.05) is 54.1 Å². The number of hydrogen-bond acceptors (Lipinski definition) is 7. The molecule has 44 heavy (non-hydrogen) atoms. The molecule has 1 saturated carbocycles. The fraction of sp³-hybridized carbons (Fsp3) is 0.314. The molecule has 7 rings (SSSR count). The Labute approximate surface area is 259 Å². The van der Waals surface area contributed by atoms with Gasteiger partial charge in [-0.05, 0) is 67.0 Å². The Balaban J connectivity index is 1.31. The second-order valence-electron chi connectivity index (χ2n) is 12.2. The number of allylic oxidation sites excluding steroid dienone is 3. The first-order chi connectivity index (χ1) is 21.2. The molecule has 224 valence electrons. The minimum Gasteiger partial charge on any atom is -0.504 e. The highest BCUT2D eigenvalue weighted by atomic mass is 32.1. The van der Waals surface area contributed by atoms with Crippen molar-refractivity contribution in [3.63, 3.8) is 0 Å². The highest BCUT2D eigenvalue weighted by molar-refractivity contribution is 7.09. The molecular formula is C35H32N2O6S. The Kier molecular flexibility index (Phi) is 6.81. The molecule has 2 aliphatic heterocycles. The highest BCUT2D eigenvalue weighted by Gasteiger charge is 2.66. The number of imide groups is 2. The predicted molar refractivity (Wildman–Crippen MR) is 165 cm³/mol. The van der Waals surface area contributed by atoms with Crippen LogP contribution in [-0.2, 0) is 25.7 Å². The van der Waals surface area contributed by atoms with Gasteiger partial charge in [-0.3, -0.25) is 24.1 Å². The fourth-order valence-electron chi connectivity index (χ4n) is 7.83. The molecular weight excluding hydrogens is 576 g/mol. The maximum Gasteiger partial charge on any atom is 0.241 e. The molecule has 1 N–H and O–H groups in total. The van der Waals surface area contributed by atoms with E-state index in [-0.39, 0.29) is 41.8 Å². The summed E-state index contributed by atoms with van der Waals surface area (Å²) in [7, 11) is 1.48. The van der Waals surface area contributed by atoms with E-state index >= 15 is 0 Å². The number of nitrogens with zero attached hydrogens (tertiary/aromatic N) is 2. The number of phenols is 1. The van der Waals surface area contributed by atoms with Crippen LogP contribution in [0.3, 0.4) is 0 Å². The number of rotatable bonds is 6. The van der Waals surface area contributed by atoms with E-state index in [2.05, 4.69) is 0 Å². The minimum atomic E-state index is -1.10. The van der Waals surface area contributed by atoms with Gasteiger partial charge in [-0.15, -0.1) is 11.3 Å². The smallest absolute Gasteiger partial charge is 0.241 e. The molecule has 1 aromatic heterocycles. The number of fused-ring (bicyclic) bond motifs is 4. The zero-order valence-corrected chi connectivity index (χ0v) is 25.2. The lowest BCUT2D eigenvalue weighted by atomic mass is 9.52. The SMILES string of the molecule is COc1cc(C=CC2C3=CCC4C(=O)N(Cc5cccs5)C(=O)C4C3CC3C(=O)N(c4ccccc4)C(=O)C23C)ccc1O. The molecule has 8 nitrogen and oxygen atoms in total. The molecule has 0 spiro atoms. The minimum absolute atomic E-state index is 0.0158. The summed E-state index contributed by atoms with van der Waals surface area (Å²) < 4.78 is 5.29. The van der Waals surface area contributed by atoms with Crippen LogP contribution in [0.25, 0.3) is 6.08 Å². The summed E-state index contributed by atoms with van der Waals surface area (Å²) in [5, 5.41) is 12.0. The summed E-state index contributed by atoms with van der Waals surface area (Å²) in [5.41, 5.74) is 1.11.